The first-order valence-electron chi connectivity index (χ1n) is 6.03. The van der Waals surface area contributed by atoms with Crippen molar-refractivity contribution in [2.45, 2.75) is 0 Å². The molecule has 3 rings (SSSR count). The number of aromatic nitrogens is 2. The second-order valence-electron chi connectivity index (χ2n) is 4.26. The molecule has 0 unspecified atom stereocenters. The van der Waals surface area contributed by atoms with Gasteiger partial charge in [-0.25, -0.2) is 0 Å². The number of carbonyl (C=O) groups excluding carboxylic acids is 1. The van der Waals surface area contributed by atoms with Crippen molar-refractivity contribution in [3.63, 3.8) is 0 Å². The quantitative estimate of drug-likeness (QED) is 0.720. The number of nitrogens with one attached hydrogen (secondary N) is 1. The molecule has 0 bridgehead atoms. The van der Waals surface area contributed by atoms with Crippen LogP contribution >= 0.6 is 0 Å². The van der Waals surface area contributed by atoms with Gasteiger partial charge in [0, 0.05) is 5.56 Å². The third kappa shape index (κ3) is 2.18. The summed E-state index contributed by atoms with van der Waals surface area (Å²) in [6, 6.07) is 18.2. The van der Waals surface area contributed by atoms with Gasteiger partial charge in [0.25, 0.3) is 0 Å². The van der Waals surface area contributed by atoms with Gasteiger partial charge in [-0.05, 0) is 11.1 Å². The van der Waals surface area contributed by atoms with E-state index in [0.29, 0.717) is 5.56 Å². The zero-order valence-corrected chi connectivity index (χ0v) is 10.2. The summed E-state index contributed by atoms with van der Waals surface area (Å²) in [4.78, 5) is 10.9. The summed E-state index contributed by atoms with van der Waals surface area (Å²) in [6.45, 7) is 0. The maximum atomic E-state index is 10.9. The highest BCUT2D eigenvalue weighted by atomic mass is 16.1. The Hall–Kier alpha value is -2.68. The normalized spacial score (nSPS) is 10.3. The fourth-order valence-corrected chi connectivity index (χ4v) is 2.08. The van der Waals surface area contributed by atoms with Gasteiger partial charge in [-0.15, -0.1) is 0 Å². The Kier molecular flexibility index (Phi) is 2.94. The van der Waals surface area contributed by atoms with Gasteiger partial charge in [-0.1, -0.05) is 54.6 Å². The second kappa shape index (κ2) is 4.90. The van der Waals surface area contributed by atoms with E-state index in [9.17, 15) is 4.79 Å². The number of rotatable bonds is 3. The van der Waals surface area contributed by atoms with Crippen LogP contribution in [-0.4, -0.2) is 16.5 Å². The standard InChI is InChI=1S/C16H12N2O/c19-11-15-10-17-18-16(15)14-8-6-13(7-9-14)12-4-2-1-3-5-12/h1-11H,(H,17,18). The molecule has 0 aliphatic carbocycles. The van der Waals surface area contributed by atoms with Crippen molar-refractivity contribution in [2.75, 3.05) is 0 Å². The van der Waals surface area contributed by atoms with Crippen LogP contribution < -0.4 is 0 Å². The second-order valence-corrected chi connectivity index (χ2v) is 4.26. The Labute approximate surface area is 110 Å². The third-order valence-electron chi connectivity index (χ3n) is 3.08. The minimum absolute atomic E-state index is 0.576. The van der Waals surface area contributed by atoms with Gasteiger partial charge in [-0.3, -0.25) is 9.89 Å². The summed E-state index contributed by atoms with van der Waals surface area (Å²) in [7, 11) is 0. The van der Waals surface area contributed by atoms with E-state index in [1.807, 2.05) is 42.5 Å². The van der Waals surface area contributed by atoms with Gasteiger partial charge in [0.05, 0.1) is 17.5 Å². The molecule has 0 radical (unpaired) electrons. The molecule has 19 heavy (non-hydrogen) atoms. The van der Waals surface area contributed by atoms with E-state index in [1.54, 1.807) is 0 Å². The van der Waals surface area contributed by atoms with Gasteiger partial charge in [0.15, 0.2) is 6.29 Å². The highest BCUT2D eigenvalue weighted by Crippen LogP contribution is 2.24. The number of aldehydes is 1. The number of carbonyl (C=O) groups is 1. The molecule has 1 N–H and O–H groups in total. The molecule has 0 saturated carbocycles. The molecule has 92 valence electrons. The van der Waals surface area contributed by atoms with Crippen LogP contribution in [0.25, 0.3) is 22.4 Å². The minimum Gasteiger partial charge on any atom is -0.298 e. The minimum atomic E-state index is 0.576. The molecule has 0 atom stereocenters. The number of H-pyrrole nitrogens is 1. The molecule has 3 aromatic rings. The van der Waals surface area contributed by atoms with E-state index in [0.717, 1.165) is 23.1 Å². The van der Waals surface area contributed by atoms with Crippen LogP contribution in [-0.2, 0) is 0 Å². The van der Waals surface area contributed by atoms with Crippen LogP contribution in [0, 0.1) is 0 Å². The maximum absolute atomic E-state index is 10.9. The molecule has 0 spiro atoms. The Morgan fingerprint density at radius 2 is 1.47 bits per heavy atom. The molecule has 3 nitrogen and oxygen atoms in total. The molecule has 0 amide bonds. The van der Waals surface area contributed by atoms with Gasteiger partial charge in [0.2, 0.25) is 0 Å². The van der Waals surface area contributed by atoms with Crippen molar-refractivity contribution in [3.8, 4) is 22.4 Å². The number of hydrogen-bond acceptors (Lipinski definition) is 2. The molecule has 3 heteroatoms. The fourth-order valence-electron chi connectivity index (χ4n) is 2.08. The maximum Gasteiger partial charge on any atom is 0.153 e. The lowest BCUT2D eigenvalue weighted by Gasteiger charge is -2.03. The fraction of sp³-hybridized carbons (Fsp3) is 0. The first kappa shape index (κ1) is 11.4. The summed E-state index contributed by atoms with van der Waals surface area (Å²) >= 11 is 0. The smallest absolute Gasteiger partial charge is 0.153 e. The Bertz CT molecular complexity index is 684. The lowest BCUT2D eigenvalue weighted by atomic mass is 10.0. The molecule has 0 saturated heterocycles. The van der Waals surface area contributed by atoms with E-state index in [-0.39, 0.29) is 0 Å². The number of hydrogen-bond donors (Lipinski definition) is 1. The van der Waals surface area contributed by atoms with Gasteiger partial charge >= 0.3 is 0 Å². The number of benzene rings is 2. The van der Waals surface area contributed by atoms with Crippen LogP contribution in [0.3, 0.4) is 0 Å². The average Bonchev–Trinajstić information content (AvgIpc) is 2.97. The zero-order chi connectivity index (χ0) is 13.1. The number of nitrogens with zero attached hydrogens (tertiary/aromatic N) is 1. The monoisotopic (exact) mass is 248 g/mol. The highest BCUT2D eigenvalue weighted by Gasteiger charge is 2.06. The number of aromatic amines is 1. The summed E-state index contributed by atoms with van der Waals surface area (Å²) in [5.41, 5.74) is 4.62. The van der Waals surface area contributed by atoms with Crippen molar-refractivity contribution < 1.29 is 4.79 Å². The summed E-state index contributed by atoms with van der Waals surface area (Å²) in [5, 5.41) is 6.74. The van der Waals surface area contributed by atoms with Crippen molar-refractivity contribution >= 4 is 6.29 Å². The van der Waals surface area contributed by atoms with E-state index in [4.69, 9.17) is 0 Å². The van der Waals surface area contributed by atoms with E-state index >= 15 is 0 Å². The SMILES string of the molecule is O=Cc1cn[nH]c1-c1ccc(-c2ccccc2)cc1. The molecule has 2 aromatic carbocycles. The predicted molar refractivity (Wildman–Crippen MR) is 74.8 cm³/mol. The van der Waals surface area contributed by atoms with E-state index in [1.165, 1.54) is 11.8 Å². The molecule has 1 aromatic heterocycles. The first-order chi connectivity index (χ1) is 9.38. The summed E-state index contributed by atoms with van der Waals surface area (Å²) in [6.07, 6.45) is 2.34. The largest absolute Gasteiger partial charge is 0.298 e. The summed E-state index contributed by atoms with van der Waals surface area (Å²) in [5.74, 6) is 0. The van der Waals surface area contributed by atoms with E-state index in [2.05, 4.69) is 22.3 Å². The summed E-state index contributed by atoms with van der Waals surface area (Å²) < 4.78 is 0. The average molecular weight is 248 g/mol. The van der Waals surface area contributed by atoms with Crippen LogP contribution in [0.2, 0.25) is 0 Å². The topological polar surface area (TPSA) is 45.8 Å². The first-order valence-corrected chi connectivity index (χ1v) is 6.03. The Morgan fingerprint density at radius 1 is 0.842 bits per heavy atom. The van der Waals surface area contributed by atoms with Crippen molar-refractivity contribution in [2.24, 2.45) is 0 Å². The molecular weight excluding hydrogens is 236 g/mol. The molecule has 1 heterocycles. The van der Waals surface area contributed by atoms with Crippen LogP contribution in [0.15, 0.2) is 60.8 Å². The van der Waals surface area contributed by atoms with Crippen molar-refractivity contribution in [1.82, 2.24) is 10.2 Å². The van der Waals surface area contributed by atoms with Crippen molar-refractivity contribution in [1.29, 1.82) is 0 Å². The third-order valence-corrected chi connectivity index (χ3v) is 3.08. The molecule has 0 aliphatic rings. The highest BCUT2D eigenvalue weighted by molar-refractivity contribution is 5.85. The molecule has 0 aliphatic heterocycles. The predicted octanol–water partition coefficient (Wildman–Crippen LogP) is 3.56. The van der Waals surface area contributed by atoms with Crippen LogP contribution in [0.5, 0.6) is 0 Å². The van der Waals surface area contributed by atoms with Gasteiger partial charge < -0.3 is 0 Å². The van der Waals surface area contributed by atoms with Crippen molar-refractivity contribution in [3.05, 3.63) is 66.4 Å². The molecular formula is C16H12N2O. The lowest BCUT2D eigenvalue weighted by Crippen LogP contribution is -1.84. The lowest BCUT2D eigenvalue weighted by molar-refractivity contribution is 0.112. The Balaban J connectivity index is 1.98. The van der Waals surface area contributed by atoms with E-state index < -0.39 is 0 Å². The van der Waals surface area contributed by atoms with Crippen LogP contribution in [0.4, 0.5) is 0 Å². The van der Waals surface area contributed by atoms with Gasteiger partial charge in [-0.2, -0.15) is 5.10 Å². The van der Waals surface area contributed by atoms with Crippen LogP contribution in [0.1, 0.15) is 10.4 Å². The zero-order valence-electron chi connectivity index (χ0n) is 10.2. The Morgan fingerprint density at radius 3 is 2.16 bits per heavy atom. The molecule has 0 fully saturated rings. The van der Waals surface area contributed by atoms with Gasteiger partial charge in [0.1, 0.15) is 0 Å².